The van der Waals surface area contributed by atoms with Crippen molar-refractivity contribution in [2.45, 2.75) is 53.2 Å². The molecule has 2 aromatic rings. The SMILES string of the molecule is Cc1nc(C)n(Cc2cc(CNC(C)(C)C)co2)n1. The fourth-order valence-corrected chi connectivity index (χ4v) is 1.83. The van der Waals surface area contributed by atoms with Crippen LogP contribution in [0.15, 0.2) is 16.7 Å². The van der Waals surface area contributed by atoms with Crippen molar-refractivity contribution in [2.24, 2.45) is 0 Å². The van der Waals surface area contributed by atoms with Crippen LogP contribution < -0.4 is 5.32 Å². The second kappa shape index (κ2) is 5.17. The van der Waals surface area contributed by atoms with Crippen LogP contribution in [0.1, 0.15) is 43.7 Å². The van der Waals surface area contributed by atoms with Crippen LogP contribution in [0.25, 0.3) is 0 Å². The number of rotatable bonds is 4. The van der Waals surface area contributed by atoms with E-state index in [0.29, 0.717) is 6.54 Å². The van der Waals surface area contributed by atoms with E-state index in [9.17, 15) is 0 Å². The van der Waals surface area contributed by atoms with Crippen LogP contribution in [0.5, 0.6) is 0 Å². The highest BCUT2D eigenvalue weighted by atomic mass is 16.3. The van der Waals surface area contributed by atoms with Gasteiger partial charge in [0.2, 0.25) is 0 Å². The Morgan fingerprint density at radius 3 is 2.63 bits per heavy atom. The maximum absolute atomic E-state index is 5.57. The van der Waals surface area contributed by atoms with Gasteiger partial charge in [-0.05, 0) is 40.7 Å². The number of nitrogens with one attached hydrogen (secondary N) is 1. The van der Waals surface area contributed by atoms with Crippen LogP contribution in [0.3, 0.4) is 0 Å². The minimum atomic E-state index is 0.108. The van der Waals surface area contributed by atoms with Gasteiger partial charge in [-0.25, -0.2) is 9.67 Å². The lowest BCUT2D eigenvalue weighted by Crippen LogP contribution is -2.34. The molecule has 0 unspecified atom stereocenters. The summed E-state index contributed by atoms with van der Waals surface area (Å²) >= 11 is 0. The molecule has 2 rings (SSSR count). The maximum Gasteiger partial charge on any atom is 0.147 e. The zero-order valence-electron chi connectivity index (χ0n) is 12.3. The number of hydrogen-bond donors (Lipinski definition) is 1. The molecule has 104 valence electrons. The van der Waals surface area contributed by atoms with Crippen molar-refractivity contribution in [3.05, 3.63) is 35.3 Å². The largest absolute Gasteiger partial charge is 0.467 e. The van der Waals surface area contributed by atoms with Crippen molar-refractivity contribution in [1.82, 2.24) is 20.1 Å². The molecule has 1 N–H and O–H groups in total. The van der Waals surface area contributed by atoms with Crippen molar-refractivity contribution in [3.63, 3.8) is 0 Å². The molecular formula is C14H22N4O. The van der Waals surface area contributed by atoms with Gasteiger partial charge in [0.15, 0.2) is 0 Å². The first-order chi connectivity index (χ1) is 8.83. The Kier molecular flexibility index (Phi) is 3.75. The number of nitrogens with zero attached hydrogens (tertiary/aromatic N) is 3. The van der Waals surface area contributed by atoms with Crippen LogP contribution in [0, 0.1) is 13.8 Å². The highest BCUT2D eigenvalue weighted by Crippen LogP contribution is 2.11. The third-order valence-corrected chi connectivity index (χ3v) is 2.80. The number of hydrogen-bond acceptors (Lipinski definition) is 4. The number of aryl methyl sites for hydroxylation is 2. The number of aromatic nitrogens is 3. The van der Waals surface area contributed by atoms with E-state index in [-0.39, 0.29) is 5.54 Å². The summed E-state index contributed by atoms with van der Waals surface area (Å²) in [7, 11) is 0. The standard InChI is InChI=1S/C14H22N4O/c1-10-16-11(2)18(17-10)8-13-6-12(9-19-13)7-15-14(3,4)5/h6,9,15H,7-8H2,1-5H3. The quantitative estimate of drug-likeness (QED) is 0.919. The predicted octanol–water partition coefficient (Wildman–Crippen LogP) is 2.42. The summed E-state index contributed by atoms with van der Waals surface area (Å²) in [6, 6.07) is 2.06. The molecule has 0 saturated carbocycles. The van der Waals surface area contributed by atoms with Crippen LogP contribution in [0.2, 0.25) is 0 Å². The van der Waals surface area contributed by atoms with E-state index in [2.05, 4.69) is 42.2 Å². The van der Waals surface area contributed by atoms with Crippen molar-refractivity contribution in [1.29, 1.82) is 0 Å². The summed E-state index contributed by atoms with van der Waals surface area (Å²) in [6.07, 6.45) is 1.80. The highest BCUT2D eigenvalue weighted by molar-refractivity contribution is 5.13. The monoisotopic (exact) mass is 262 g/mol. The first-order valence-corrected chi connectivity index (χ1v) is 6.53. The summed E-state index contributed by atoms with van der Waals surface area (Å²) in [5.74, 6) is 2.60. The Hall–Kier alpha value is -1.62. The zero-order valence-corrected chi connectivity index (χ0v) is 12.3. The summed E-state index contributed by atoms with van der Waals surface area (Å²) in [5, 5.41) is 7.77. The fourth-order valence-electron chi connectivity index (χ4n) is 1.83. The maximum atomic E-state index is 5.57. The van der Waals surface area contributed by atoms with Crippen LogP contribution in [-0.4, -0.2) is 20.3 Å². The van der Waals surface area contributed by atoms with E-state index in [4.69, 9.17) is 4.42 Å². The molecule has 0 spiro atoms. The van der Waals surface area contributed by atoms with Gasteiger partial charge in [-0.3, -0.25) is 0 Å². The van der Waals surface area contributed by atoms with E-state index in [1.165, 1.54) is 0 Å². The first-order valence-electron chi connectivity index (χ1n) is 6.53. The average molecular weight is 262 g/mol. The Balaban J connectivity index is 1.99. The van der Waals surface area contributed by atoms with Gasteiger partial charge in [0.25, 0.3) is 0 Å². The Morgan fingerprint density at radius 2 is 2.05 bits per heavy atom. The molecular weight excluding hydrogens is 240 g/mol. The molecule has 0 aliphatic rings. The Labute approximate surface area is 114 Å². The Bertz CT molecular complexity index is 548. The topological polar surface area (TPSA) is 55.9 Å². The normalized spacial score (nSPS) is 12.1. The minimum Gasteiger partial charge on any atom is -0.467 e. The van der Waals surface area contributed by atoms with Gasteiger partial charge in [-0.1, -0.05) is 0 Å². The molecule has 0 saturated heterocycles. The average Bonchev–Trinajstić information content (AvgIpc) is 2.83. The van der Waals surface area contributed by atoms with Crippen LogP contribution in [-0.2, 0) is 13.1 Å². The molecule has 0 radical (unpaired) electrons. The third kappa shape index (κ3) is 3.92. The minimum absolute atomic E-state index is 0.108. The second-order valence-corrected chi connectivity index (χ2v) is 5.89. The van der Waals surface area contributed by atoms with Gasteiger partial charge in [0.05, 0.1) is 6.26 Å². The molecule has 5 nitrogen and oxygen atoms in total. The summed E-state index contributed by atoms with van der Waals surface area (Å²) < 4.78 is 7.43. The smallest absolute Gasteiger partial charge is 0.147 e. The predicted molar refractivity (Wildman–Crippen MR) is 73.9 cm³/mol. The molecule has 5 heteroatoms. The summed E-state index contributed by atoms with van der Waals surface area (Å²) in [4.78, 5) is 4.28. The molecule has 0 aliphatic carbocycles. The molecule has 0 atom stereocenters. The van der Waals surface area contributed by atoms with E-state index >= 15 is 0 Å². The van der Waals surface area contributed by atoms with Crippen molar-refractivity contribution >= 4 is 0 Å². The van der Waals surface area contributed by atoms with Gasteiger partial charge in [-0.15, -0.1) is 0 Å². The zero-order chi connectivity index (χ0) is 14.0. The molecule has 2 heterocycles. The fraction of sp³-hybridized carbons (Fsp3) is 0.571. The van der Waals surface area contributed by atoms with Gasteiger partial charge in [0, 0.05) is 17.6 Å². The van der Waals surface area contributed by atoms with Crippen molar-refractivity contribution in [3.8, 4) is 0 Å². The van der Waals surface area contributed by atoms with Gasteiger partial charge in [0.1, 0.15) is 24.0 Å². The van der Waals surface area contributed by atoms with Crippen LogP contribution >= 0.6 is 0 Å². The number of furan rings is 1. The summed E-state index contributed by atoms with van der Waals surface area (Å²) in [5.41, 5.74) is 1.26. The van der Waals surface area contributed by atoms with E-state index in [0.717, 1.165) is 29.5 Å². The van der Waals surface area contributed by atoms with E-state index < -0.39 is 0 Å². The lowest BCUT2D eigenvalue weighted by atomic mass is 10.1. The van der Waals surface area contributed by atoms with Crippen molar-refractivity contribution in [2.75, 3.05) is 0 Å². The third-order valence-electron chi connectivity index (χ3n) is 2.80. The molecule has 19 heavy (non-hydrogen) atoms. The highest BCUT2D eigenvalue weighted by Gasteiger charge is 2.11. The van der Waals surface area contributed by atoms with Gasteiger partial charge >= 0.3 is 0 Å². The molecule has 0 amide bonds. The molecule has 0 aromatic carbocycles. The molecule has 2 aromatic heterocycles. The molecule has 0 bridgehead atoms. The summed E-state index contributed by atoms with van der Waals surface area (Å²) in [6.45, 7) is 11.7. The lowest BCUT2D eigenvalue weighted by molar-refractivity contribution is 0.422. The van der Waals surface area contributed by atoms with E-state index in [1.807, 2.05) is 18.5 Å². The van der Waals surface area contributed by atoms with E-state index in [1.54, 1.807) is 6.26 Å². The Morgan fingerprint density at radius 1 is 1.32 bits per heavy atom. The van der Waals surface area contributed by atoms with Gasteiger partial charge in [-0.2, -0.15) is 5.10 Å². The van der Waals surface area contributed by atoms with Gasteiger partial charge < -0.3 is 9.73 Å². The second-order valence-electron chi connectivity index (χ2n) is 5.89. The molecule has 0 fully saturated rings. The first kappa shape index (κ1) is 13.8. The van der Waals surface area contributed by atoms with Crippen LogP contribution in [0.4, 0.5) is 0 Å². The lowest BCUT2D eigenvalue weighted by Gasteiger charge is -2.19. The molecule has 0 aliphatic heterocycles. The van der Waals surface area contributed by atoms with Crippen molar-refractivity contribution < 1.29 is 4.42 Å².